The number of hydrogen-bond donors (Lipinski definition) is 2. The van der Waals surface area contributed by atoms with Gasteiger partial charge in [0.25, 0.3) is 0 Å². The minimum absolute atomic E-state index is 0.156. The number of phenols is 1. The Labute approximate surface area is 256 Å². The summed E-state index contributed by atoms with van der Waals surface area (Å²) in [7, 11) is 0. The molecule has 2 N–H and O–H groups in total. The zero-order valence-electron chi connectivity index (χ0n) is 25.8. The van der Waals surface area contributed by atoms with Crippen LogP contribution in [0.25, 0.3) is 0 Å². The lowest BCUT2D eigenvalue weighted by atomic mass is 9.79. The van der Waals surface area contributed by atoms with Crippen LogP contribution in [-0.4, -0.2) is 16.8 Å². The van der Waals surface area contributed by atoms with Gasteiger partial charge < -0.3 is 15.3 Å². The molecule has 0 amide bonds. The molecule has 0 aliphatic rings. The van der Waals surface area contributed by atoms with Crippen molar-refractivity contribution in [2.75, 3.05) is 16.8 Å². The SMILES string of the molecule is CC(C)(C)c1cc(SC(=O)CCCCN(c2ccccc2)c2ccc(Nc3ccccc3)cc2)cc(C(C)(C)C)c1O. The van der Waals surface area contributed by atoms with Gasteiger partial charge in [-0.3, -0.25) is 4.79 Å². The van der Waals surface area contributed by atoms with Gasteiger partial charge in [0.05, 0.1) is 0 Å². The van der Waals surface area contributed by atoms with Crippen LogP contribution < -0.4 is 10.2 Å². The number of hydrogen-bond acceptors (Lipinski definition) is 5. The first-order valence-corrected chi connectivity index (χ1v) is 15.6. The van der Waals surface area contributed by atoms with E-state index in [-0.39, 0.29) is 15.9 Å². The molecule has 0 aromatic heterocycles. The molecule has 0 spiro atoms. The molecule has 0 aliphatic carbocycles. The minimum atomic E-state index is -0.222. The predicted molar refractivity (Wildman–Crippen MR) is 180 cm³/mol. The third-order valence-corrected chi connectivity index (χ3v) is 8.16. The average Bonchev–Trinajstić information content (AvgIpc) is 2.94. The van der Waals surface area contributed by atoms with E-state index in [9.17, 15) is 9.90 Å². The standard InChI is InChI=1S/C37H44N2O2S/c1-36(2,3)32-25-31(26-33(35(32)41)37(4,5)6)42-34(40)19-13-14-24-39(29-17-11-8-12-18-29)30-22-20-28(21-23-30)38-27-15-9-7-10-16-27/h7-12,15-18,20-23,25-26,38,41H,13-14,19,24H2,1-6H3. The second-order valence-electron chi connectivity index (χ2n) is 12.8. The molecule has 4 aromatic carbocycles. The van der Waals surface area contributed by atoms with E-state index in [1.165, 1.54) is 11.8 Å². The molecule has 4 aromatic rings. The molecule has 42 heavy (non-hydrogen) atoms. The Bertz CT molecular complexity index is 1420. The van der Waals surface area contributed by atoms with Crippen LogP contribution in [0.2, 0.25) is 0 Å². The molecule has 0 saturated heterocycles. The molecule has 4 rings (SSSR count). The van der Waals surface area contributed by atoms with Gasteiger partial charge in [0.2, 0.25) is 0 Å². The van der Waals surface area contributed by atoms with E-state index in [1.807, 2.05) is 36.4 Å². The second kappa shape index (κ2) is 13.5. The number of carbonyl (C=O) groups is 1. The van der Waals surface area contributed by atoms with Crippen molar-refractivity contribution in [1.29, 1.82) is 0 Å². The van der Waals surface area contributed by atoms with Gasteiger partial charge in [-0.25, -0.2) is 0 Å². The van der Waals surface area contributed by atoms with Crippen molar-refractivity contribution >= 4 is 39.6 Å². The lowest BCUT2D eigenvalue weighted by Gasteiger charge is -2.28. The van der Waals surface area contributed by atoms with Crippen LogP contribution >= 0.6 is 11.8 Å². The van der Waals surface area contributed by atoms with Crippen molar-refractivity contribution in [2.24, 2.45) is 0 Å². The zero-order chi connectivity index (χ0) is 30.3. The van der Waals surface area contributed by atoms with Crippen molar-refractivity contribution < 1.29 is 9.90 Å². The number of nitrogens with zero attached hydrogens (tertiary/aromatic N) is 1. The molecule has 4 nitrogen and oxygen atoms in total. The first-order chi connectivity index (χ1) is 19.9. The number of phenolic OH excluding ortho intramolecular Hbond substituents is 1. The Kier molecular flexibility index (Phi) is 10.1. The normalized spacial score (nSPS) is 11.8. The lowest BCUT2D eigenvalue weighted by molar-refractivity contribution is -0.111. The van der Waals surface area contributed by atoms with Crippen molar-refractivity contribution in [2.45, 2.75) is 76.5 Å². The lowest BCUT2D eigenvalue weighted by Crippen LogP contribution is -2.18. The van der Waals surface area contributed by atoms with Gasteiger partial charge in [-0.15, -0.1) is 0 Å². The maximum Gasteiger partial charge on any atom is 0.193 e. The Balaban J connectivity index is 1.40. The maximum absolute atomic E-state index is 13.1. The first-order valence-electron chi connectivity index (χ1n) is 14.8. The predicted octanol–water partition coefficient (Wildman–Crippen LogP) is 10.4. The third-order valence-electron chi connectivity index (χ3n) is 7.25. The highest BCUT2D eigenvalue weighted by molar-refractivity contribution is 8.13. The summed E-state index contributed by atoms with van der Waals surface area (Å²) in [5.41, 5.74) is 5.68. The van der Waals surface area contributed by atoms with Crippen LogP contribution in [0.1, 0.15) is 71.9 Å². The molecule has 0 bridgehead atoms. The van der Waals surface area contributed by atoms with Crippen LogP contribution in [0, 0.1) is 0 Å². The highest BCUT2D eigenvalue weighted by Gasteiger charge is 2.27. The third kappa shape index (κ3) is 8.42. The Morgan fingerprint density at radius 1 is 0.714 bits per heavy atom. The van der Waals surface area contributed by atoms with Crippen molar-refractivity contribution in [1.82, 2.24) is 0 Å². The van der Waals surface area contributed by atoms with E-state index in [0.29, 0.717) is 12.2 Å². The van der Waals surface area contributed by atoms with Crippen molar-refractivity contribution in [3.8, 4) is 5.75 Å². The minimum Gasteiger partial charge on any atom is -0.507 e. The highest BCUT2D eigenvalue weighted by atomic mass is 32.2. The van der Waals surface area contributed by atoms with Gasteiger partial charge >= 0.3 is 0 Å². The number of para-hydroxylation sites is 2. The molecule has 0 atom stereocenters. The van der Waals surface area contributed by atoms with Crippen LogP contribution in [-0.2, 0) is 15.6 Å². The molecule has 0 heterocycles. The van der Waals surface area contributed by atoms with Crippen LogP contribution in [0.3, 0.4) is 0 Å². The molecule has 0 fully saturated rings. The number of benzene rings is 4. The quantitative estimate of drug-likeness (QED) is 0.144. The Hall–Kier alpha value is -3.70. The smallest absolute Gasteiger partial charge is 0.193 e. The van der Waals surface area contributed by atoms with Crippen LogP contribution in [0.5, 0.6) is 5.75 Å². The fourth-order valence-corrected chi connectivity index (χ4v) is 5.82. The molecular formula is C37H44N2O2S. The summed E-state index contributed by atoms with van der Waals surface area (Å²) in [6, 6.07) is 33.0. The van der Waals surface area contributed by atoms with Crippen LogP contribution in [0.4, 0.5) is 22.7 Å². The number of unbranched alkanes of at least 4 members (excludes halogenated alkanes) is 1. The summed E-state index contributed by atoms with van der Waals surface area (Å²) in [6.07, 6.45) is 2.20. The summed E-state index contributed by atoms with van der Waals surface area (Å²) >= 11 is 1.30. The summed E-state index contributed by atoms with van der Waals surface area (Å²) in [6.45, 7) is 13.4. The van der Waals surface area contributed by atoms with Crippen molar-refractivity contribution in [3.63, 3.8) is 0 Å². The molecule has 220 valence electrons. The van der Waals surface area contributed by atoms with E-state index < -0.39 is 0 Å². The first kappa shape index (κ1) is 31.2. The second-order valence-corrected chi connectivity index (χ2v) is 14.0. The summed E-state index contributed by atoms with van der Waals surface area (Å²) in [5, 5.41) is 14.6. The van der Waals surface area contributed by atoms with Gasteiger partial charge in [-0.05, 0) is 84.3 Å². The van der Waals surface area contributed by atoms with Gasteiger partial charge in [-0.2, -0.15) is 0 Å². The number of nitrogens with one attached hydrogen (secondary N) is 1. The van der Waals surface area contributed by atoms with Crippen molar-refractivity contribution in [3.05, 3.63) is 108 Å². The fraction of sp³-hybridized carbons (Fsp3) is 0.324. The van der Waals surface area contributed by atoms with Gasteiger partial charge in [0.1, 0.15) is 5.75 Å². The highest BCUT2D eigenvalue weighted by Crippen LogP contribution is 2.42. The van der Waals surface area contributed by atoms with Gasteiger partial charge in [0, 0.05) is 51.7 Å². The molecule has 0 unspecified atom stereocenters. The van der Waals surface area contributed by atoms with E-state index in [4.69, 9.17) is 0 Å². The average molecular weight is 581 g/mol. The number of thioether (sulfide) groups is 1. The molecule has 0 saturated carbocycles. The monoisotopic (exact) mass is 580 g/mol. The summed E-state index contributed by atoms with van der Waals surface area (Å²) in [5.74, 6) is 0.344. The summed E-state index contributed by atoms with van der Waals surface area (Å²) < 4.78 is 0. The Morgan fingerprint density at radius 3 is 1.76 bits per heavy atom. The Morgan fingerprint density at radius 2 is 1.21 bits per heavy atom. The molecule has 0 radical (unpaired) electrons. The van der Waals surface area contributed by atoms with E-state index >= 15 is 0 Å². The van der Waals surface area contributed by atoms with E-state index in [1.54, 1.807) is 0 Å². The largest absolute Gasteiger partial charge is 0.507 e. The fourth-order valence-electron chi connectivity index (χ4n) is 4.96. The van der Waals surface area contributed by atoms with Gasteiger partial charge in [0.15, 0.2) is 5.12 Å². The maximum atomic E-state index is 13.1. The molecular weight excluding hydrogens is 536 g/mol. The number of carbonyl (C=O) groups excluding carboxylic acids is 1. The number of aromatic hydroxyl groups is 1. The van der Waals surface area contributed by atoms with Gasteiger partial charge in [-0.1, -0.05) is 89.7 Å². The van der Waals surface area contributed by atoms with E-state index in [0.717, 1.165) is 58.2 Å². The topological polar surface area (TPSA) is 52.6 Å². The van der Waals surface area contributed by atoms with Crippen LogP contribution in [0.15, 0.2) is 102 Å². The molecule has 5 heteroatoms. The summed E-state index contributed by atoms with van der Waals surface area (Å²) in [4.78, 5) is 16.3. The number of anilines is 4. The zero-order valence-corrected chi connectivity index (χ0v) is 26.6. The molecule has 0 aliphatic heterocycles. The number of rotatable bonds is 10. The van der Waals surface area contributed by atoms with E-state index in [2.05, 4.69) is 112 Å².